The molecule has 1 amide bonds. The molecule has 0 aromatic heterocycles. The zero-order valence-electron chi connectivity index (χ0n) is 17.8. The van der Waals surface area contributed by atoms with Crippen molar-refractivity contribution in [3.8, 4) is 0 Å². The predicted octanol–water partition coefficient (Wildman–Crippen LogP) is 1.86. The van der Waals surface area contributed by atoms with Gasteiger partial charge >= 0.3 is 0 Å². The summed E-state index contributed by atoms with van der Waals surface area (Å²) < 4.78 is 33.7. The predicted molar refractivity (Wildman–Crippen MR) is 115 cm³/mol. The maximum atomic E-state index is 13.3. The van der Waals surface area contributed by atoms with Gasteiger partial charge in [-0.1, -0.05) is 24.1 Å². The first-order valence-corrected chi connectivity index (χ1v) is 12.6. The summed E-state index contributed by atoms with van der Waals surface area (Å²) in [5, 5.41) is 0. The van der Waals surface area contributed by atoms with Crippen LogP contribution in [0.3, 0.4) is 0 Å². The molecule has 1 aromatic carbocycles. The van der Waals surface area contributed by atoms with Crippen LogP contribution in [0.4, 0.5) is 0 Å². The van der Waals surface area contributed by atoms with E-state index in [1.165, 1.54) is 4.31 Å². The molecule has 8 heteroatoms. The lowest BCUT2D eigenvalue weighted by Gasteiger charge is -2.40. The van der Waals surface area contributed by atoms with Crippen LogP contribution in [0.1, 0.15) is 37.7 Å². The van der Waals surface area contributed by atoms with Gasteiger partial charge in [-0.05, 0) is 44.7 Å². The van der Waals surface area contributed by atoms with Gasteiger partial charge in [0.2, 0.25) is 15.9 Å². The fourth-order valence-electron chi connectivity index (χ4n) is 4.72. The third-order valence-electron chi connectivity index (χ3n) is 6.54. The van der Waals surface area contributed by atoms with E-state index in [-0.39, 0.29) is 10.8 Å². The van der Waals surface area contributed by atoms with E-state index in [4.69, 9.17) is 4.74 Å². The quantitative estimate of drug-likeness (QED) is 0.706. The van der Waals surface area contributed by atoms with Crippen LogP contribution in [-0.2, 0) is 19.6 Å². The molecule has 166 valence electrons. The Balaban J connectivity index is 1.41. The van der Waals surface area contributed by atoms with Crippen molar-refractivity contribution >= 4 is 15.9 Å². The summed E-state index contributed by atoms with van der Waals surface area (Å²) in [5.41, 5.74) is 1.01. The molecule has 2 atom stereocenters. The number of carbonyl (C=O) groups is 1. The lowest BCUT2D eigenvalue weighted by atomic mass is 10.0. The molecular weight excluding hydrogens is 402 g/mol. The number of ether oxygens (including phenoxy) is 1. The summed E-state index contributed by atoms with van der Waals surface area (Å²) in [5.74, 6) is -0.0397. The number of hydrogen-bond donors (Lipinski definition) is 0. The van der Waals surface area contributed by atoms with Gasteiger partial charge < -0.3 is 9.64 Å². The molecule has 0 bridgehead atoms. The first-order chi connectivity index (χ1) is 14.4. The van der Waals surface area contributed by atoms with Crippen molar-refractivity contribution in [3.63, 3.8) is 0 Å². The summed E-state index contributed by atoms with van der Waals surface area (Å²) in [4.78, 5) is 17.8. The highest BCUT2D eigenvalue weighted by molar-refractivity contribution is 7.89. The van der Waals surface area contributed by atoms with Gasteiger partial charge in [-0.25, -0.2) is 8.42 Å². The molecular formula is C22H33N3O4S. The topological polar surface area (TPSA) is 70.2 Å². The van der Waals surface area contributed by atoms with Crippen LogP contribution in [0.15, 0.2) is 29.2 Å². The smallest absolute Gasteiger partial charge is 0.243 e. The van der Waals surface area contributed by atoms with Gasteiger partial charge in [-0.2, -0.15) is 4.31 Å². The minimum absolute atomic E-state index is 0.0397. The van der Waals surface area contributed by atoms with E-state index >= 15 is 0 Å². The van der Waals surface area contributed by atoms with Gasteiger partial charge in [-0.3, -0.25) is 9.69 Å². The average molecular weight is 436 g/mol. The Hall–Kier alpha value is -1.48. The van der Waals surface area contributed by atoms with Crippen molar-refractivity contribution in [2.24, 2.45) is 0 Å². The zero-order valence-corrected chi connectivity index (χ0v) is 18.6. The van der Waals surface area contributed by atoms with E-state index in [0.717, 1.165) is 57.5 Å². The average Bonchev–Trinajstić information content (AvgIpc) is 3.27. The third kappa shape index (κ3) is 4.72. The molecule has 0 aliphatic carbocycles. The maximum Gasteiger partial charge on any atom is 0.243 e. The molecule has 3 saturated heterocycles. The number of piperidine rings is 1. The minimum atomic E-state index is -3.68. The van der Waals surface area contributed by atoms with Crippen LogP contribution in [0.2, 0.25) is 0 Å². The number of sulfonamides is 1. The lowest BCUT2D eigenvalue weighted by Crippen LogP contribution is -2.57. The molecule has 0 N–H and O–H groups in total. The van der Waals surface area contributed by atoms with Crippen LogP contribution < -0.4 is 0 Å². The van der Waals surface area contributed by atoms with E-state index in [2.05, 4.69) is 4.90 Å². The normalized spacial score (nSPS) is 26.8. The van der Waals surface area contributed by atoms with E-state index in [1.54, 1.807) is 24.3 Å². The van der Waals surface area contributed by atoms with E-state index in [0.29, 0.717) is 32.2 Å². The number of benzene rings is 1. The Kier molecular flexibility index (Phi) is 6.77. The van der Waals surface area contributed by atoms with E-state index in [1.807, 2.05) is 11.8 Å². The largest absolute Gasteiger partial charge is 0.377 e. The van der Waals surface area contributed by atoms with Crippen LogP contribution in [-0.4, -0.2) is 86.5 Å². The SMILES string of the molecule is Cc1ccc(S(=O)(=O)N2CCCC[C@H]2C(=O)N2CCN(C[C@H]3CCCO3)CC2)cc1. The van der Waals surface area contributed by atoms with Crippen LogP contribution in [0.5, 0.6) is 0 Å². The monoisotopic (exact) mass is 435 g/mol. The number of nitrogens with zero attached hydrogens (tertiary/aromatic N) is 3. The van der Waals surface area contributed by atoms with Crippen molar-refractivity contribution < 1.29 is 17.9 Å². The molecule has 0 radical (unpaired) electrons. The second-order valence-corrected chi connectivity index (χ2v) is 10.6. The molecule has 3 aliphatic heterocycles. The van der Waals surface area contributed by atoms with Crippen LogP contribution >= 0.6 is 0 Å². The summed E-state index contributed by atoms with van der Waals surface area (Å²) >= 11 is 0. The molecule has 0 unspecified atom stereocenters. The standard InChI is InChI=1S/C22H33N3O4S/c1-18-7-9-20(10-8-18)30(27,28)25-11-3-2-6-21(25)22(26)24-14-12-23(13-15-24)17-19-5-4-16-29-19/h7-10,19,21H,2-6,11-17H2,1H3/t19-,21+/m1/s1. The highest BCUT2D eigenvalue weighted by Crippen LogP contribution is 2.27. The molecule has 4 rings (SSSR count). The van der Waals surface area contributed by atoms with E-state index in [9.17, 15) is 13.2 Å². The summed E-state index contributed by atoms with van der Waals surface area (Å²) in [6.45, 7) is 7.08. The highest BCUT2D eigenvalue weighted by atomic mass is 32.2. The Morgan fingerprint density at radius 1 is 1.00 bits per heavy atom. The Bertz CT molecular complexity index is 828. The molecule has 30 heavy (non-hydrogen) atoms. The van der Waals surface area contributed by atoms with Gasteiger partial charge in [0.25, 0.3) is 0 Å². The molecule has 0 saturated carbocycles. The fraction of sp³-hybridized carbons (Fsp3) is 0.682. The number of aryl methyl sites for hydroxylation is 1. The molecule has 3 aliphatic rings. The van der Waals surface area contributed by atoms with Gasteiger partial charge in [0.15, 0.2) is 0 Å². The van der Waals surface area contributed by atoms with Crippen molar-refractivity contribution in [2.45, 2.75) is 56.1 Å². The van der Waals surface area contributed by atoms with Crippen molar-refractivity contribution in [3.05, 3.63) is 29.8 Å². The number of piperazine rings is 1. The minimum Gasteiger partial charge on any atom is -0.377 e. The van der Waals surface area contributed by atoms with Gasteiger partial charge in [-0.15, -0.1) is 0 Å². The number of hydrogen-bond acceptors (Lipinski definition) is 5. The van der Waals surface area contributed by atoms with Crippen molar-refractivity contribution in [1.82, 2.24) is 14.1 Å². The Labute approximate surface area is 180 Å². The first kappa shape index (κ1) is 21.7. The van der Waals surface area contributed by atoms with Gasteiger partial charge in [0.05, 0.1) is 11.0 Å². The summed E-state index contributed by atoms with van der Waals surface area (Å²) in [6.07, 6.45) is 4.85. The zero-order chi connectivity index (χ0) is 21.1. The van der Waals surface area contributed by atoms with Crippen molar-refractivity contribution in [1.29, 1.82) is 0 Å². The Morgan fingerprint density at radius 2 is 1.73 bits per heavy atom. The second kappa shape index (κ2) is 9.34. The summed E-state index contributed by atoms with van der Waals surface area (Å²) in [6, 6.07) is 6.31. The number of rotatable bonds is 5. The molecule has 3 heterocycles. The first-order valence-electron chi connectivity index (χ1n) is 11.2. The molecule has 7 nitrogen and oxygen atoms in total. The van der Waals surface area contributed by atoms with Crippen molar-refractivity contribution in [2.75, 3.05) is 45.9 Å². The highest BCUT2D eigenvalue weighted by Gasteiger charge is 2.40. The van der Waals surface area contributed by atoms with Crippen LogP contribution in [0, 0.1) is 6.92 Å². The molecule has 0 spiro atoms. The second-order valence-electron chi connectivity index (χ2n) is 8.70. The Morgan fingerprint density at radius 3 is 2.40 bits per heavy atom. The summed E-state index contributed by atoms with van der Waals surface area (Å²) in [7, 11) is -3.68. The number of amides is 1. The van der Waals surface area contributed by atoms with Gasteiger partial charge in [0, 0.05) is 45.9 Å². The number of carbonyl (C=O) groups excluding carboxylic acids is 1. The maximum absolute atomic E-state index is 13.3. The van der Waals surface area contributed by atoms with E-state index < -0.39 is 16.1 Å². The third-order valence-corrected chi connectivity index (χ3v) is 8.46. The molecule has 1 aromatic rings. The van der Waals surface area contributed by atoms with Crippen LogP contribution in [0.25, 0.3) is 0 Å². The fourth-order valence-corrected chi connectivity index (χ4v) is 6.37. The molecule has 3 fully saturated rings. The lowest BCUT2D eigenvalue weighted by molar-refractivity contribution is -0.138. The van der Waals surface area contributed by atoms with Gasteiger partial charge in [0.1, 0.15) is 6.04 Å².